The molecule has 54 heavy (non-hydrogen) atoms. The summed E-state index contributed by atoms with van der Waals surface area (Å²) in [5.41, 5.74) is 6.11. The van der Waals surface area contributed by atoms with Crippen molar-refractivity contribution in [3.05, 3.63) is 89.2 Å². The number of hydrogen-bond donors (Lipinski definition) is 3. The van der Waals surface area contributed by atoms with Gasteiger partial charge in [0, 0.05) is 37.0 Å². The molecule has 2 aromatic carbocycles. The van der Waals surface area contributed by atoms with Crippen molar-refractivity contribution in [2.24, 2.45) is 4.99 Å². The lowest BCUT2D eigenvalue weighted by molar-refractivity contribution is 0.0174. The molecular formula is C44H54N6O4. The Morgan fingerprint density at radius 3 is 2.06 bits per heavy atom. The highest BCUT2D eigenvalue weighted by atomic mass is 16.6. The zero-order chi connectivity index (χ0) is 38.1. The summed E-state index contributed by atoms with van der Waals surface area (Å²) in [4.78, 5) is 34.7. The van der Waals surface area contributed by atoms with Crippen molar-refractivity contribution in [2.75, 3.05) is 19.6 Å². The van der Waals surface area contributed by atoms with Gasteiger partial charge in [0.1, 0.15) is 22.9 Å². The monoisotopic (exact) mass is 730 g/mol. The summed E-state index contributed by atoms with van der Waals surface area (Å²) in [7, 11) is 0. The number of amides is 2. The lowest BCUT2D eigenvalue weighted by Crippen LogP contribution is -2.54. The van der Waals surface area contributed by atoms with E-state index in [4.69, 9.17) is 14.5 Å². The normalized spacial score (nSPS) is 25.1. The minimum Gasteiger partial charge on any atom is -0.444 e. The third-order valence-electron chi connectivity index (χ3n) is 10.7. The molecule has 10 nitrogen and oxygen atoms in total. The van der Waals surface area contributed by atoms with Crippen LogP contribution >= 0.6 is 0 Å². The lowest BCUT2D eigenvalue weighted by Gasteiger charge is -2.40. The summed E-state index contributed by atoms with van der Waals surface area (Å²) < 4.78 is 11.4. The van der Waals surface area contributed by atoms with E-state index in [0.717, 1.165) is 72.0 Å². The van der Waals surface area contributed by atoms with Gasteiger partial charge in [0.2, 0.25) is 0 Å². The van der Waals surface area contributed by atoms with Crippen LogP contribution in [-0.2, 0) is 9.47 Å². The molecule has 4 atom stereocenters. The maximum absolute atomic E-state index is 13.2. The third-order valence-corrected chi connectivity index (χ3v) is 10.7. The van der Waals surface area contributed by atoms with Crippen molar-refractivity contribution in [2.45, 2.75) is 115 Å². The number of ether oxygens (including phenoxy) is 2. The Hall–Kier alpha value is -5.17. The fraction of sp³-hybridized carbons (Fsp3) is 0.477. The fourth-order valence-electron chi connectivity index (χ4n) is 8.15. The fourth-order valence-corrected chi connectivity index (χ4v) is 8.15. The number of likely N-dealkylation sites (tertiary alicyclic amines) is 2. The third kappa shape index (κ3) is 8.15. The Morgan fingerprint density at radius 1 is 0.796 bits per heavy atom. The second-order valence-electron chi connectivity index (χ2n) is 16.9. The molecule has 0 bridgehead atoms. The SMILES string of the molecule is CC(C)(C)OC(=O)N1CCC[C@H]1C1(C2=CC=C(C#Cc3ccc(-c4ccc(C5=CNC([C@@H]6CCCN6C(=O)OC(C)(C)C)N5)cc4)cc3)CC2)CNC=N1. The van der Waals surface area contributed by atoms with Crippen LogP contribution in [0.2, 0.25) is 0 Å². The maximum Gasteiger partial charge on any atom is 0.410 e. The highest BCUT2D eigenvalue weighted by Gasteiger charge is 2.50. The molecule has 2 aromatic rings. The van der Waals surface area contributed by atoms with E-state index < -0.39 is 16.7 Å². The molecule has 10 heteroatoms. The van der Waals surface area contributed by atoms with E-state index in [9.17, 15) is 9.59 Å². The number of rotatable bonds is 5. The van der Waals surface area contributed by atoms with Crippen LogP contribution in [0.1, 0.15) is 91.2 Å². The molecule has 0 aromatic heterocycles. The molecule has 2 saturated heterocycles. The molecule has 2 fully saturated rings. The second-order valence-corrected chi connectivity index (χ2v) is 16.9. The van der Waals surface area contributed by atoms with Crippen molar-refractivity contribution >= 4 is 24.2 Å². The highest BCUT2D eigenvalue weighted by molar-refractivity contribution is 5.73. The number of carbonyl (C=O) groups excluding carboxylic acids is 2. The number of allylic oxidation sites excluding steroid dienone is 3. The van der Waals surface area contributed by atoms with Gasteiger partial charge in [0.15, 0.2) is 0 Å². The first-order valence-corrected chi connectivity index (χ1v) is 19.4. The Balaban J connectivity index is 0.964. The first-order valence-electron chi connectivity index (χ1n) is 19.4. The molecule has 7 rings (SSSR count). The molecule has 4 aliphatic heterocycles. The van der Waals surface area contributed by atoms with Crippen LogP contribution in [0.4, 0.5) is 9.59 Å². The van der Waals surface area contributed by atoms with E-state index >= 15 is 0 Å². The Labute approximate surface area is 320 Å². The molecule has 0 radical (unpaired) electrons. The van der Waals surface area contributed by atoms with E-state index in [0.29, 0.717) is 19.6 Å². The molecule has 3 N–H and O–H groups in total. The first kappa shape index (κ1) is 37.2. The van der Waals surface area contributed by atoms with Crippen LogP contribution in [0, 0.1) is 11.8 Å². The summed E-state index contributed by atoms with van der Waals surface area (Å²) in [6.07, 6.45) is 12.9. The number of nitrogens with zero attached hydrogens (tertiary/aromatic N) is 3. The smallest absolute Gasteiger partial charge is 0.410 e. The molecule has 1 aliphatic carbocycles. The van der Waals surface area contributed by atoms with Crippen molar-refractivity contribution in [3.63, 3.8) is 0 Å². The van der Waals surface area contributed by atoms with Gasteiger partial charge in [-0.05, 0) is 114 Å². The van der Waals surface area contributed by atoms with E-state index in [-0.39, 0.29) is 30.4 Å². The van der Waals surface area contributed by atoms with Gasteiger partial charge in [-0.1, -0.05) is 60.4 Å². The van der Waals surface area contributed by atoms with Crippen LogP contribution in [-0.4, -0.2) is 82.9 Å². The van der Waals surface area contributed by atoms with Gasteiger partial charge in [-0.15, -0.1) is 0 Å². The van der Waals surface area contributed by atoms with Crippen LogP contribution in [0.3, 0.4) is 0 Å². The zero-order valence-electron chi connectivity index (χ0n) is 32.5. The topological polar surface area (TPSA) is 108 Å². The summed E-state index contributed by atoms with van der Waals surface area (Å²) in [5, 5.41) is 10.4. The summed E-state index contributed by atoms with van der Waals surface area (Å²) in [6.45, 7) is 13.5. The van der Waals surface area contributed by atoms with Crippen LogP contribution in [0.5, 0.6) is 0 Å². The Morgan fingerprint density at radius 2 is 1.43 bits per heavy atom. The quantitative estimate of drug-likeness (QED) is 0.277. The summed E-state index contributed by atoms with van der Waals surface area (Å²) >= 11 is 0. The van der Waals surface area contributed by atoms with E-state index in [1.54, 1.807) is 6.34 Å². The van der Waals surface area contributed by atoms with Gasteiger partial charge in [-0.25, -0.2) is 9.59 Å². The summed E-state index contributed by atoms with van der Waals surface area (Å²) in [5.74, 6) is 6.77. The molecule has 284 valence electrons. The molecule has 5 aliphatic rings. The molecule has 4 heterocycles. The van der Waals surface area contributed by atoms with Crippen LogP contribution < -0.4 is 16.0 Å². The minimum absolute atomic E-state index is 0.0226. The maximum atomic E-state index is 13.2. The van der Waals surface area contributed by atoms with Crippen molar-refractivity contribution in [1.29, 1.82) is 0 Å². The number of aliphatic imine (C=N–C) groups is 1. The molecule has 0 saturated carbocycles. The van der Waals surface area contributed by atoms with Gasteiger partial charge < -0.3 is 35.2 Å². The van der Waals surface area contributed by atoms with Crippen molar-refractivity contribution < 1.29 is 19.1 Å². The standard InChI is InChI=1S/C44H54N6O4/c1-42(2,3)53-40(51)49-25-7-9-37(49)39-46-27-36(48-39)34-21-19-33(20-22-34)32-17-13-30(14-18-32)11-12-31-15-23-35(24-16-31)44(28-45-29-47-44)38-10-8-26-50(38)41(52)54-43(4,5)6/h13-15,17-23,27,29,37-39,46,48H,7-10,16,24-26,28H2,1-6H3,(H,45,47)/t37-,38-,39?,44?/m0/s1. The van der Waals surface area contributed by atoms with E-state index in [1.165, 1.54) is 5.57 Å². The number of benzene rings is 2. The van der Waals surface area contributed by atoms with Crippen LogP contribution in [0.15, 0.2) is 83.0 Å². The molecule has 0 spiro atoms. The van der Waals surface area contributed by atoms with Gasteiger partial charge >= 0.3 is 12.2 Å². The van der Waals surface area contributed by atoms with Crippen molar-refractivity contribution in [3.8, 4) is 23.0 Å². The number of nitrogens with one attached hydrogen (secondary N) is 3. The molecular weight excluding hydrogens is 677 g/mol. The summed E-state index contributed by atoms with van der Waals surface area (Å²) in [6, 6.07) is 16.9. The average molecular weight is 731 g/mol. The Bertz CT molecular complexity index is 1920. The molecule has 2 unspecified atom stereocenters. The van der Waals surface area contributed by atoms with Gasteiger partial charge in [0.05, 0.1) is 24.1 Å². The van der Waals surface area contributed by atoms with Gasteiger partial charge in [-0.3, -0.25) is 4.99 Å². The Kier molecular flexibility index (Phi) is 10.3. The van der Waals surface area contributed by atoms with Gasteiger partial charge in [0.25, 0.3) is 0 Å². The molecule has 2 amide bonds. The number of hydrogen-bond acceptors (Lipinski definition) is 8. The predicted octanol–water partition coefficient (Wildman–Crippen LogP) is 7.34. The van der Waals surface area contributed by atoms with Crippen LogP contribution in [0.25, 0.3) is 16.8 Å². The lowest BCUT2D eigenvalue weighted by atomic mass is 9.77. The zero-order valence-corrected chi connectivity index (χ0v) is 32.5. The second kappa shape index (κ2) is 14.9. The first-order chi connectivity index (χ1) is 25.8. The van der Waals surface area contributed by atoms with Crippen molar-refractivity contribution in [1.82, 2.24) is 25.8 Å². The van der Waals surface area contributed by atoms with E-state index in [2.05, 4.69) is 88.5 Å². The predicted molar refractivity (Wildman–Crippen MR) is 213 cm³/mol. The van der Waals surface area contributed by atoms with Gasteiger partial charge in [-0.2, -0.15) is 0 Å². The van der Waals surface area contributed by atoms with E-state index in [1.807, 2.05) is 57.5 Å². The average Bonchev–Trinajstić information content (AvgIpc) is 3.97. The number of carbonyl (C=O) groups is 2. The highest BCUT2D eigenvalue weighted by Crippen LogP contribution is 2.41. The largest absolute Gasteiger partial charge is 0.444 e. The minimum atomic E-state index is -0.541.